The molecule has 0 fully saturated rings. The number of Topliss-reactive ketones (excluding diaryl/α,β-unsaturated/α-hetero) is 1. The molecule has 0 unspecified atom stereocenters. The van der Waals surface area contributed by atoms with Gasteiger partial charge in [0.15, 0.2) is 0 Å². The van der Waals surface area contributed by atoms with E-state index in [-0.39, 0.29) is 5.39 Å². The third kappa shape index (κ3) is 2.07. The Bertz CT molecular complexity index is 656. The second-order valence-electron chi connectivity index (χ2n) is 4.30. The van der Waals surface area contributed by atoms with Gasteiger partial charge in [0.05, 0.1) is 0 Å². The van der Waals surface area contributed by atoms with E-state index in [9.17, 15) is 26.7 Å². The number of ketones is 1. The van der Waals surface area contributed by atoms with Gasteiger partial charge >= 0.3 is 12.1 Å². The maximum atomic E-state index is 13.1. The summed E-state index contributed by atoms with van der Waals surface area (Å²) >= 11 is 0. The average molecular weight is 291 g/mol. The van der Waals surface area contributed by atoms with E-state index in [1.165, 1.54) is 12.1 Å². The number of aromatic amines is 1. The number of fused-ring (bicyclic) bond motifs is 1. The second kappa shape index (κ2) is 4.57. The highest BCUT2D eigenvalue weighted by Gasteiger charge is 2.63. The van der Waals surface area contributed by atoms with Crippen molar-refractivity contribution >= 4 is 16.7 Å². The van der Waals surface area contributed by atoms with Crippen LogP contribution in [0.4, 0.5) is 22.0 Å². The first-order chi connectivity index (χ1) is 9.20. The first-order valence-corrected chi connectivity index (χ1v) is 5.78. The second-order valence-corrected chi connectivity index (χ2v) is 4.30. The van der Waals surface area contributed by atoms with E-state index >= 15 is 0 Å². The Hall–Kier alpha value is -1.92. The van der Waals surface area contributed by atoms with Crippen LogP contribution in [0.15, 0.2) is 24.4 Å². The summed E-state index contributed by atoms with van der Waals surface area (Å²) in [6.07, 6.45) is -4.46. The number of para-hydroxylation sites is 1. The van der Waals surface area contributed by atoms with Crippen molar-refractivity contribution in [1.29, 1.82) is 0 Å². The van der Waals surface area contributed by atoms with Gasteiger partial charge in [-0.15, -0.1) is 0 Å². The molecule has 0 radical (unpaired) electrons. The van der Waals surface area contributed by atoms with E-state index in [1.807, 2.05) is 0 Å². The van der Waals surface area contributed by atoms with Crippen LogP contribution >= 0.6 is 0 Å². The lowest BCUT2D eigenvalue weighted by Gasteiger charge is -2.17. The standard InChI is InChI=1S/C13H10F5NO/c1-2-7-4-3-5-8-9(6-19-10(7)8)11(20)12(14,15)13(16,17)18/h3-6,19H,2H2,1H3. The Balaban J connectivity index is 2.57. The number of benzene rings is 1. The van der Waals surface area contributed by atoms with Gasteiger partial charge in [0, 0.05) is 22.7 Å². The average Bonchev–Trinajstić information content (AvgIpc) is 2.79. The minimum absolute atomic E-state index is 0.0678. The maximum absolute atomic E-state index is 13.1. The molecule has 0 bridgehead atoms. The van der Waals surface area contributed by atoms with Gasteiger partial charge in [0.1, 0.15) is 0 Å². The lowest BCUT2D eigenvalue weighted by Crippen LogP contribution is -2.44. The summed E-state index contributed by atoms with van der Waals surface area (Å²) < 4.78 is 62.9. The molecule has 2 nitrogen and oxygen atoms in total. The molecule has 1 aromatic carbocycles. The Morgan fingerprint density at radius 1 is 1.20 bits per heavy atom. The van der Waals surface area contributed by atoms with E-state index in [2.05, 4.69) is 4.98 Å². The summed E-state index contributed by atoms with van der Waals surface area (Å²) in [7, 11) is 0. The Morgan fingerprint density at radius 2 is 1.85 bits per heavy atom. The number of aromatic nitrogens is 1. The summed E-state index contributed by atoms with van der Waals surface area (Å²) in [5.41, 5.74) is 0.478. The molecule has 20 heavy (non-hydrogen) atoms. The molecule has 0 aliphatic rings. The molecule has 0 atom stereocenters. The van der Waals surface area contributed by atoms with Crippen molar-refractivity contribution in [2.45, 2.75) is 25.4 Å². The fourth-order valence-corrected chi connectivity index (χ4v) is 2.00. The summed E-state index contributed by atoms with van der Waals surface area (Å²) in [6, 6.07) is 4.55. The van der Waals surface area contributed by atoms with Crippen molar-refractivity contribution in [3.8, 4) is 0 Å². The highest BCUT2D eigenvalue weighted by atomic mass is 19.4. The molecule has 0 saturated carbocycles. The number of carbonyl (C=O) groups excluding carboxylic acids is 1. The van der Waals surface area contributed by atoms with Gasteiger partial charge in [-0.2, -0.15) is 22.0 Å². The van der Waals surface area contributed by atoms with Crippen LogP contribution in [-0.4, -0.2) is 22.9 Å². The van der Waals surface area contributed by atoms with Gasteiger partial charge in [-0.05, 0) is 12.0 Å². The molecule has 1 aromatic heterocycles. The number of alkyl halides is 5. The first-order valence-electron chi connectivity index (χ1n) is 5.78. The van der Waals surface area contributed by atoms with Gasteiger partial charge in [-0.1, -0.05) is 25.1 Å². The van der Waals surface area contributed by atoms with Crippen LogP contribution in [0.2, 0.25) is 0 Å². The number of aryl methyl sites for hydroxylation is 1. The molecule has 1 N–H and O–H groups in total. The third-order valence-corrected chi connectivity index (χ3v) is 3.07. The van der Waals surface area contributed by atoms with Crippen LogP contribution in [-0.2, 0) is 6.42 Å². The largest absolute Gasteiger partial charge is 0.461 e. The zero-order valence-corrected chi connectivity index (χ0v) is 10.3. The predicted molar refractivity (Wildman–Crippen MR) is 63.0 cm³/mol. The number of carbonyl (C=O) groups is 1. The highest BCUT2D eigenvalue weighted by molar-refractivity contribution is 6.11. The van der Waals surface area contributed by atoms with Crippen molar-refractivity contribution in [2.24, 2.45) is 0 Å². The van der Waals surface area contributed by atoms with Crippen molar-refractivity contribution < 1.29 is 26.7 Å². The molecule has 0 aliphatic carbocycles. The molecule has 7 heteroatoms. The van der Waals surface area contributed by atoms with E-state index in [0.29, 0.717) is 11.9 Å². The summed E-state index contributed by atoms with van der Waals surface area (Å²) in [6.45, 7) is 1.81. The minimum Gasteiger partial charge on any atom is -0.360 e. The Kier molecular flexibility index (Phi) is 3.31. The van der Waals surface area contributed by atoms with Crippen molar-refractivity contribution in [3.05, 3.63) is 35.5 Å². The van der Waals surface area contributed by atoms with Gasteiger partial charge in [-0.25, -0.2) is 0 Å². The summed E-state index contributed by atoms with van der Waals surface area (Å²) in [5.74, 6) is -7.64. The Morgan fingerprint density at radius 3 is 2.40 bits per heavy atom. The van der Waals surface area contributed by atoms with E-state index in [1.54, 1.807) is 13.0 Å². The zero-order chi connectivity index (χ0) is 15.1. The monoisotopic (exact) mass is 291 g/mol. The smallest absolute Gasteiger partial charge is 0.360 e. The number of H-pyrrole nitrogens is 1. The number of hydrogen-bond acceptors (Lipinski definition) is 1. The molecular formula is C13H10F5NO. The quantitative estimate of drug-likeness (QED) is 0.670. The first kappa shape index (κ1) is 14.5. The molecule has 2 rings (SSSR count). The van der Waals surface area contributed by atoms with Crippen LogP contribution < -0.4 is 0 Å². The molecule has 0 spiro atoms. The van der Waals surface area contributed by atoms with Gasteiger partial charge in [-0.3, -0.25) is 4.79 Å². The van der Waals surface area contributed by atoms with Crippen LogP contribution in [0.1, 0.15) is 22.8 Å². The van der Waals surface area contributed by atoms with Gasteiger partial charge in [0.2, 0.25) is 5.78 Å². The summed E-state index contributed by atoms with van der Waals surface area (Å²) in [5, 5.41) is 0.0678. The molecule has 108 valence electrons. The number of nitrogens with one attached hydrogen (secondary N) is 1. The van der Waals surface area contributed by atoms with E-state index < -0.39 is 23.4 Å². The van der Waals surface area contributed by atoms with Crippen LogP contribution in [0.25, 0.3) is 10.9 Å². The zero-order valence-electron chi connectivity index (χ0n) is 10.3. The van der Waals surface area contributed by atoms with E-state index in [4.69, 9.17) is 0 Å². The number of halogens is 5. The van der Waals surface area contributed by atoms with Crippen molar-refractivity contribution in [3.63, 3.8) is 0 Å². The normalized spacial score (nSPS) is 12.9. The van der Waals surface area contributed by atoms with Crippen molar-refractivity contribution in [2.75, 3.05) is 0 Å². The summed E-state index contributed by atoms with van der Waals surface area (Å²) in [4.78, 5) is 14.1. The lowest BCUT2D eigenvalue weighted by molar-refractivity contribution is -0.255. The maximum Gasteiger partial charge on any atom is 0.461 e. The minimum atomic E-state index is -5.91. The van der Waals surface area contributed by atoms with E-state index in [0.717, 1.165) is 11.8 Å². The number of hydrogen-bond donors (Lipinski definition) is 1. The Labute approximate surface area is 110 Å². The van der Waals surface area contributed by atoms with Crippen LogP contribution in [0, 0.1) is 0 Å². The number of rotatable bonds is 3. The molecule has 0 saturated heterocycles. The fourth-order valence-electron chi connectivity index (χ4n) is 2.00. The molecule has 2 aromatic rings. The SMILES string of the molecule is CCc1cccc2c(C(=O)C(F)(F)C(F)(F)F)c[nH]c12. The van der Waals surface area contributed by atoms with Gasteiger partial charge < -0.3 is 4.98 Å². The van der Waals surface area contributed by atoms with Crippen molar-refractivity contribution in [1.82, 2.24) is 4.98 Å². The van der Waals surface area contributed by atoms with Gasteiger partial charge in [0.25, 0.3) is 0 Å². The topological polar surface area (TPSA) is 32.9 Å². The highest BCUT2D eigenvalue weighted by Crippen LogP contribution is 2.39. The third-order valence-electron chi connectivity index (χ3n) is 3.07. The van der Waals surface area contributed by atoms with Crippen LogP contribution in [0.5, 0.6) is 0 Å². The van der Waals surface area contributed by atoms with Crippen LogP contribution in [0.3, 0.4) is 0 Å². The molecular weight excluding hydrogens is 281 g/mol. The fraction of sp³-hybridized carbons (Fsp3) is 0.308. The lowest BCUT2D eigenvalue weighted by atomic mass is 10.0. The molecule has 1 heterocycles. The predicted octanol–water partition coefficient (Wildman–Crippen LogP) is 4.11. The molecule has 0 amide bonds. The molecule has 0 aliphatic heterocycles.